The monoisotopic (exact) mass is 560 g/mol. The zero-order chi connectivity index (χ0) is 29.1. The van der Waals surface area contributed by atoms with E-state index in [-0.39, 0.29) is 25.6 Å². The van der Waals surface area contributed by atoms with Crippen LogP contribution in [-0.4, -0.2) is 45.8 Å². The number of amides is 2. The number of nitrogens with zero attached hydrogens (tertiary/aromatic N) is 1. The van der Waals surface area contributed by atoms with Crippen molar-refractivity contribution in [1.29, 1.82) is 0 Å². The molecule has 8 heteroatoms. The molecule has 4 aromatic carbocycles. The Kier molecular flexibility index (Phi) is 7.43. The topological polar surface area (TPSA) is 109 Å². The van der Waals surface area contributed by atoms with Gasteiger partial charge in [-0.25, -0.2) is 14.4 Å². The Labute approximate surface area is 242 Å². The molecule has 2 amide bonds. The molecular weight excluding hydrogens is 532 g/mol. The van der Waals surface area contributed by atoms with Crippen LogP contribution >= 0.6 is 0 Å². The zero-order valence-corrected chi connectivity index (χ0v) is 22.6. The molecule has 1 heterocycles. The van der Waals surface area contributed by atoms with E-state index >= 15 is 0 Å². The standard InChI is InChI=1S/C34H28N2O6/c37-32(38)31(18-23-19-35-30-17-9-8-12-24(23)30)36(33(39)41-20-22-10-2-1-3-11-22)34(40)42-21-29-27-15-6-4-13-25(27)26-14-5-7-16-28(26)29/h1-17,19,29,31,35H,18,20-21H2,(H,37,38)/t31-/m1/s1. The van der Waals surface area contributed by atoms with Gasteiger partial charge in [0.05, 0.1) is 0 Å². The first-order valence-electron chi connectivity index (χ1n) is 13.6. The van der Waals surface area contributed by atoms with E-state index in [4.69, 9.17) is 9.47 Å². The van der Waals surface area contributed by atoms with Gasteiger partial charge in [0.15, 0.2) is 0 Å². The number of carbonyl (C=O) groups is 3. The van der Waals surface area contributed by atoms with Crippen molar-refractivity contribution in [2.45, 2.75) is 25.0 Å². The number of carboxylic acids is 1. The van der Waals surface area contributed by atoms with Gasteiger partial charge in [-0.2, -0.15) is 4.90 Å². The van der Waals surface area contributed by atoms with E-state index in [0.29, 0.717) is 16.0 Å². The second-order valence-corrected chi connectivity index (χ2v) is 10.1. The van der Waals surface area contributed by atoms with Gasteiger partial charge < -0.3 is 19.6 Å². The minimum atomic E-state index is -1.57. The number of imide groups is 1. The lowest BCUT2D eigenvalue weighted by molar-refractivity contribution is -0.142. The highest BCUT2D eigenvalue weighted by Crippen LogP contribution is 2.44. The fourth-order valence-corrected chi connectivity index (χ4v) is 5.58. The molecule has 2 N–H and O–H groups in total. The predicted molar refractivity (Wildman–Crippen MR) is 157 cm³/mol. The van der Waals surface area contributed by atoms with E-state index in [2.05, 4.69) is 4.98 Å². The Morgan fingerprint density at radius 1 is 0.762 bits per heavy atom. The van der Waals surface area contributed by atoms with Gasteiger partial charge >= 0.3 is 18.2 Å². The molecule has 0 aliphatic heterocycles. The molecule has 1 aliphatic carbocycles. The largest absolute Gasteiger partial charge is 0.480 e. The summed E-state index contributed by atoms with van der Waals surface area (Å²) in [6, 6.07) is 30.6. The quantitative estimate of drug-likeness (QED) is 0.217. The van der Waals surface area contributed by atoms with Crippen LogP contribution in [0.3, 0.4) is 0 Å². The molecule has 0 radical (unpaired) electrons. The van der Waals surface area contributed by atoms with E-state index in [1.165, 1.54) is 0 Å². The number of aromatic nitrogens is 1. The summed E-state index contributed by atoms with van der Waals surface area (Å²) in [5.41, 5.74) is 6.26. The molecule has 1 aromatic heterocycles. The highest BCUT2D eigenvalue weighted by molar-refractivity contribution is 5.94. The number of H-pyrrole nitrogens is 1. The van der Waals surface area contributed by atoms with Gasteiger partial charge in [0.25, 0.3) is 0 Å². The predicted octanol–water partition coefficient (Wildman–Crippen LogP) is 6.75. The molecule has 5 aromatic rings. The van der Waals surface area contributed by atoms with E-state index in [9.17, 15) is 19.5 Å². The van der Waals surface area contributed by atoms with Crippen LogP contribution in [-0.2, 0) is 27.3 Å². The summed E-state index contributed by atoms with van der Waals surface area (Å²) < 4.78 is 11.2. The van der Waals surface area contributed by atoms with Crippen molar-refractivity contribution < 1.29 is 29.0 Å². The maximum atomic E-state index is 13.6. The number of nitrogens with one attached hydrogen (secondary N) is 1. The van der Waals surface area contributed by atoms with E-state index < -0.39 is 24.2 Å². The van der Waals surface area contributed by atoms with Crippen LogP contribution in [0.2, 0.25) is 0 Å². The van der Waals surface area contributed by atoms with Crippen molar-refractivity contribution in [3.63, 3.8) is 0 Å². The van der Waals surface area contributed by atoms with Gasteiger partial charge in [-0.3, -0.25) is 0 Å². The average Bonchev–Trinajstić information content (AvgIpc) is 3.58. The first kappa shape index (κ1) is 26.8. The lowest BCUT2D eigenvalue weighted by Gasteiger charge is -2.26. The van der Waals surface area contributed by atoms with Crippen molar-refractivity contribution in [3.05, 3.63) is 132 Å². The van der Waals surface area contributed by atoms with Crippen LogP contribution in [0.1, 0.15) is 28.2 Å². The summed E-state index contributed by atoms with van der Waals surface area (Å²) in [5, 5.41) is 11.1. The van der Waals surface area contributed by atoms with Gasteiger partial charge in [-0.1, -0.05) is 97.1 Å². The molecule has 0 bridgehead atoms. The maximum absolute atomic E-state index is 13.6. The van der Waals surface area contributed by atoms with Gasteiger partial charge in [0, 0.05) is 29.4 Å². The number of aliphatic carboxylic acids is 1. The summed E-state index contributed by atoms with van der Waals surface area (Å²) >= 11 is 0. The second kappa shape index (κ2) is 11.6. The Balaban J connectivity index is 1.28. The third kappa shape index (κ3) is 5.22. The number of rotatable bonds is 8. The van der Waals surface area contributed by atoms with Crippen LogP contribution in [0.5, 0.6) is 0 Å². The number of carboxylic acid groups (broad SMARTS) is 1. The number of hydrogen-bond donors (Lipinski definition) is 2. The SMILES string of the molecule is O=C(O)[C@@H](Cc1c[nH]c2ccccc12)N(C(=O)OCc1ccccc1)C(=O)OCC1c2ccccc2-c2ccccc21. The average molecular weight is 561 g/mol. The van der Waals surface area contributed by atoms with Crippen LogP contribution in [0.25, 0.3) is 22.0 Å². The number of ether oxygens (including phenoxy) is 2. The molecule has 1 aliphatic rings. The van der Waals surface area contributed by atoms with Gasteiger partial charge in [-0.15, -0.1) is 0 Å². The minimum absolute atomic E-state index is 0.0747. The molecule has 8 nitrogen and oxygen atoms in total. The van der Waals surface area contributed by atoms with Crippen LogP contribution in [0, 0.1) is 0 Å². The van der Waals surface area contributed by atoms with Crippen LogP contribution < -0.4 is 0 Å². The van der Waals surface area contributed by atoms with Gasteiger partial charge in [-0.05, 0) is 39.4 Å². The number of carbonyl (C=O) groups excluding carboxylic acids is 2. The van der Waals surface area contributed by atoms with Crippen LogP contribution in [0.15, 0.2) is 109 Å². The number of hydrogen-bond acceptors (Lipinski definition) is 5. The molecular formula is C34H28N2O6. The van der Waals surface area contributed by atoms with E-state index in [0.717, 1.165) is 33.2 Å². The Morgan fingerprint density at radius 3 is 2.05 bits per heavy atom. The highest BCUT2D eigenvalue weighted by Gasteiger charge is 2.39. The molecule has 0 saturated heterocycles. The second-order valence-electron chi connectivity index (χ2n) is 10.1. The van der Waals surface area contributed by atoms with Crippen molar-refractivity contribution in [1.82, 2.24) is 9.88 Å². The normalized spacial score (nSPS) is 12.8. The Hall–Kier alpha value is -5.37. The fraction of sp³-hybridized carbons (Fsp3) is 0.147. The van der Waals surface area contributed by atoms with Crippen molar-refractivity contribution in [2.24, 2.45) is 0 Å². The molecule has 210 valence electrons. The Morgan fingerprint density at radius 2 is 1.36 bits per heavy atom. The lowest BCUT2D eigenvalue weighted by Crippen LogP contribution is -2.50. The third-order valence-electron chi connectivity index (χ3n) is 7.62. The lowest BCUT2D eigenvalue weighted by atomic mass is 9.98. The summed E-state index contributed by atoms with van der Waals surface area (Å²) in [7, 11) is 0. The highest BCUT2D eigenvalue weighted by atomic mass is 16.6. The molecule has 6 rings (SSSR count). The zero-order valence-electron chi connectivity index (χ0n) is 22.6. The molecule has 0 saturated carbocycles. The molecule has 42 heavy (non-hydrogen) atoms. The van der Waals surface area contributed by atoms with E-state index in [1.54, 1.807) is 30.5 Å². The molecule has 0 spiro atoms. The molecule has 0 unspecified atom stereocenters. The van der Waals surface area contributed by atoms with Crippen molar-refractivity contribution >= 4 is 29.1 Å². The summed E-state index contributed by atoms with van der Waals surface area (Å²) in [5.74, 6) is -1.62. The summed E-state index contributed by atoms with van der Waals surface area (Å²) in [6.07, 6.45) is -0.624. The molecule has 1 atom stereocenters. The number of fused-ring (bicyclic) bond motifs is 4. The minimum Gasteiger partial charge on any atom is -0.480 e. The van der Waals surface area contributed by atoms with Gasteiger partial charge in [0.1, 0.15) is 19.3 Å². The van der Waals surface area contributed by atoms with Crippen molar-refractivity contribution in [2.75, 3.05) is 6.61 Å². The first-order chi connectivity index (χ1) is 20.5. The van der Waals surface area contributed by atoms with Crippen LogP contribution in [0.4, 0.5) is 9.59 Å². The van der Waals surface area contributed by atoms with E-state index in [1.807, 2.05) is 78.9 Å². The number of aromatic amines is 1. The maximum Gasteiger partial charge on any atom is 0.420 e. The number of para-hydroxylation sites is 1. The third-order valence-corrected chi connectivity index (χ3v) is 7.62. The Bertz CT molecular complexity index is 1720. The summed E-state index contributed by atoms with van der Waals surface area (Å²) in [6.45, 7) is -0.207. The fourth-order valence-electron chi connectivity index (χ4n) is 5.58. The first-order valence-corrected chi connectivity index (χ1v) is 13.6. The smallest absolute Gasteiger partial charge is 0.420 e. The summed E-state index contributed by atoms with van der Waals surface area (Å²) in [4.78, 5) is 43.4. The molecule has 0 fully saturated rings. The van der Waals surface area contributed by atoms with Gasteiger partial charge in [0.2, 0.25) is 0 Å². The van der Waals surface area contributed by atoms with Crippen molar-refractivity contribution in [3.8, 4) is 11.1 Å². The number of benzene rings is 4.